The molecule has 1 aromatic carbocycles. The summed E-state index contributed by atoms with van der Waals surface area (Å²) in [4.78, 5) is 13.2. The molecule has 84 valence electrons. The average Bonchev–Trinajstić information content (AvgIpc) is 2.80. The van der Waals surface area contributed by atoms with E-state index in [0.717, 1.165) is 20.8 Å². The van der Waals surface area contributed by atoms with Crippen molar-refractivity contribution < 1.29 is 0 Å². The number of halogens is 1. The number of pyridine rings is 1. The summed E-state index contributed by atoms with van der Waals surface area (Å²) in [7, 11) is 0. The van der Waals surface area contributed by atoms with E-state index in [4.69, 9.17) is 5.73 Å². The smallest absolute Gasteiger partial charge is 0.168 e. The van der Waals surface area contributed by atoms with E-state index in [1.54, 1.807) is 12.4 Å². The maximum atomic E-state index is 5.82. The highest BCUT2D eigenvalue weighted by Crippen LogP contribution is 2.20. The third kappa shape index (κ3) is 1.72. The standard InChI is InChI=1S/C12H9BrN4/c13-10-8(14)3-4-9-11(10)17-12(16-9)7-2-1-5-15-6-7/h1-6,12H,14H2. The van der Waals surface area contributed by atoms with Crippen molar-refractivity contribution >= 4 is 21.6 Å². The predicted octanol–water partition coefficient (Wildman–Crippen LogP) is 1.38. The van der Waals surface area contributed by atoms with Gasteiger partial charge in [-0.3, -0.25) is 15.0 Å². The van der Waals surface area contributed by atoms with E-state index >= 15 is 0 Å². The van der Waals surface area contributed by atoms with Gasteiger partial charge in [-0.1, -0.05) is 6.07 Å². The summed E-state index contributed by atoms with van der Waals surface area (Å²) in [6.45, 7) is 0. The fraction of sp³-hybridized carbons (Fsp3) is 0.0833. The van der Waals surface area contributed by atoms with Crippen LogP contribution in [0, 0.1) is 0 Å². The van der Waals surface area contributed by atoms with Crippen molar-refractivity contribution in [3.63, 3.8) is 0 Å². The van der Waals surface area contributed by atoms with Crippen LogP contribution in [0.15, 0.2) is 51.1 Å². The molecule has 0 amide bonds. The molecule has 0 radical (unpaired) electrons. The maximum Gasteiger partial charge on any atom is 0.168 e. The number of anilines is 1. The normalized spacial score (nSPS) is 17.1. The number of nitrogen functional groups attached to an aromatic ring is 1. The van der Waals surface area contributed by atoms with Crippen molar-refractivity contribution in [3.8, 4) is 0 Å². The first-order chi connectivity index (χ1) is 8.25. The molecule has 0 fully saturated rings. The number of aromatic nitrogens is 1. The molecule has 0 bridgehead atoms. The molecule has 3 rings (SSSR count). The molecule has 2 heterocycles. The van der Waals surface area contributed by atoms with Gasteiger partial charge in [-0.15, -0.1) is 0 Å². The lowest BCUT2D eigenvalue weighted by atomic mass is 10.2. The monoisotopic (exact) mass is 288 g/mol. The van der Waals surface area contributed by atoms with Crippen LogP contribution in [-0.2, 0) is 0 Å². The topological polar surface area (TPSA) is 63.6 Å². The second kappa shape index (κ2) is 3.92. The Kier molecular flexibility index (Phi) is 2.40. The Balaban J connectivity index is 2.17. The largest absolute Gasteiger partial charge is 0.398 e. The van der Waals surface area contributed by atoms with Gasteiger partial charge in [0.2, 0.25) is 0 Å². The predicted molar refractivity (Wildman–Crippen MR) is 67.8 cm³/mol. The number of hydrogen-bond donors (Lipinski definition) is 1. The van der Waals surface area contributed by atoms with Gasteiger partial charge in [-0.25, -0.2) is 0 Å². The Hall–Kier alpha value is -1.75. The zero-order valence-corrected chi connectivity index (χ0v) is 10.4. The lowest BCUT2D eigenvalue weighted by Crippen LogP contribution is -2.23. The molecule has 0 spiro atoms. The number of rotatable bonds is 1. The highest BCUT2D eigenvalue weighted by atomic mass is 79.9. The third-order valence-electron chi connectivity index (χ3n) is 2.62. The van der Waals surface area contributed by atoms with Crippen LogP contribution in [0.1, 0.15) is 11.7 Å². The minimum atomic E-state index is -0.211. The minimum absolute atomic E-state index is 0.211. The number of nitrogens with zero attached hydrogens (tertiary/aromatic N) is 3. The van der Waals surface area contributed by atoms with Crippen molar-refractivity contribution in [2.24, 2.45) is 9.98 Å². The van der Waals surface area contributed by atoms with E-state index in [0.29, 0.717) is 5.69 Å². The van der Waals surface area contributed by atoms with Crippen molar-refractivity contribution in [1.82, 2.24) is 4.98 Å². The summed E-state index contributed by atoms with van der Waals surface area (Å²) in [5.41, 5.74) is 7.47. The molecule has 2 aromatic rings. The van der Waals surface area contributed by atoms with E-state index in [1.807, 2.05) is 24.3 Å². The first kappa shape index (κ1) is 10.4. The SMILES string of the molecule is Nc1ccc2c(c1Br)=NC(c1cccnc1)N=2. The Morgan fingerprint density at radius 3 is 2.82 bits per heavy atom. The first-order valence-corrected chi connectivity index (χ1v) is 5.94. The van der Waals surface area contributed by atoms with E-state index < -0.39 is 0 Å². The molecule has 5 heteroatoms. The molecule has 0 aliphatic carbocycles. The van der Waals surface area contributed by atoms with E-state index in [-0.39, 0.29) is 6.17 Å². The van der Waals surface area contributed by atoms with Crippen LogP contribution in [0.5, 0.6) is 0 Å². The molecule has 1 unspecified atom stereocenters. The summed E-state index contributed by atoms with van der Waals surface area (Å²) in [5.74, 6) is 0. The average molecular weight is 289 g/mol. The molecule has 4 nitrogen and oxygen atoms in total. The number of benzene rings is 1. The van der Waals surface area contributed by atoms with E-state index in [2.05, 4.69) is 30.9 Å². The van der Waals surface area contributed by atoms with Crippen molar-refractivity contribution in [2.75, 3.05) is 5.73 Å². The Labute approximate surface area is 106 Å². The van der Waals surface area contributed by atoms with Crippen LogP contribution in [-0.4, -0.2) is 4.98 Å². The quantitative estimate of drug-likeness (QED) is 0.806. The maximum absolute atomic E-state index is 5.82. The van der Waals surface area contributed by atoms with Gasteiger partial charge < -0.3 is 5.73 Å². The van der Waals surface area contributed by atoms with E-state index in [1.165, 1.54) is 0 Å². The molecule has 1 aliphatic heterocycles. The molecule has 0 saturated heterocycles. The molecule has 2 N–H and O–H groups in total. The second-order valence-electron chi connectivity index (χ2n) is 3.75. The Morgan fingerprint density at radius 1 is 1.18 bits per heavy atom. The zero-order valence-electron chi connectivity index (χ0n) is 8.84. The van der Waals surface area contributed by atoms with Gasteiger partial charge in [0.25, 0.3) is 0 Å². The van der Waals surface area contributed by atoms with Crippen LogP contribution in [0.4, 0.5) is 5.69 Å². The van der Waals surface area contributed by atoms with Crippen molar-refractivity contribution in [1.29, 1.82) is 0 Å². The van der Waals surface area contributed by atoms with Crippen LogP contribution >= 0.6 is 15.9 Å². The van der Waals surface area contributed by atoms with E-state index in [9.17, 15) is 0 Å². The lowest BCUT2D eigenvalue weighted by molar-refractivity contribution is 0.766. The third-order valence-corrected chi connectivity index (χ3v) is 3.45. The van der Waals surface area contributed by atoms with Gasteiger partial charge in [0.1, 0.15) is 5.36 Å². The molecule has 1 atom stereocenters. The summed E-state index contributed by atoms with van der Waals surface area (Å²) in [6, 6.07) is 7.56. The van der Waals surface area contributed by atoms with Gasteiger partial charge in [0.05, 0.1) is 9.83 Å². The molecular formula is C12H9BrN4. The fourth-order valence-electron chi connectivity index (χ4n) is 1.76. The van der Waals surface area contributed by atoms with Gasteiger partial charge in [0.15, 0.2) is 6.17 Å². The number of nitrogens with two attached hydrogens (primary N) is 1. The molecule has 0 saturated carbocycles. The second-order valence-corrected chi connectivity index (χ2v) is 4.55. The summed E-state index contributed by atoms with van der Waals surface area (Å²) >= 11 is 3.44. The van der Waals surface area contributed by atoms with Gasteiger partial charge >= 0.3 is 0 Å². The van der Waals surface area contributed by atoms with Gasteiger partial charge in [-0.2, -0.15) is 0 Å². The highest BCUT2D eigenvalue weighted by Gasteiger charge is 2.14. The molecular weight excluding hydrogens is 280 g/mol. The highest BCUT2D eigenvalue weighted by molar-refractivity contribution is 9.10. The molecule has 1 aromatic heterocycles. The fourth-order valence-corrected chi connectivity index (χ4v) is 2.20. The van der Waals surface area contributed by atoms with Crippen molar-refractivity contribution in [2.45, 2.75) is 6.17 Å². The van der Waals surface area contributed by atoms with Crippen LogP contribution in [0.2, 0.25) is 0 Å². The number of hydrogen-bond acceptors (Lipinski definition) is 4. The first-order valence-electron chi connectivity index (χ1n) is 5.15. The summed E-state index contributed by atoms with van der Waals surface area (Å²) < 4.78 is 0.810. The Bertz CT molecular complexity index is 682. The van der Waals surface area contributed by atoms with Crippen LogP contribution in [0.3, 0.4) is 0 Å². The van der Waals surface area contributed by atoms with Crippen LogP contribution in [0.25, 0.3) is 0 Å². The number of fused-ring (bicyclic) bond motifs is 1. The molecule has 17 heavy (non-hydrogen) atoms. The molecule has 1 aliphatic rings. The summed E-state index contributed by atoms with van der Waals surface area (Å²) in [6.07, 6.45) is 3.30. The lowest BCUT2D eigenvalue weighted by Gasteiger charge is -2.01. The summed E-state index contributed by atoms with van der Waals surface area (Å²) in [5, 5.41) is 1.68. The van der Waals surface area contributed by atoms with Crippen molar-refractivity contribution in [3.05, 3.63) is 57.4 Å². The zero-order chi connectivity index (χ0) is 11.8. The minimum Gasteiger partial charge on any atom is -0.398 e. The van der Waals surface area contributed by atoms with Gasteiger partial charge in [0, 0.05) is 23.6 Å². The van der Waals surface area contributed by atoms with Gasteiger partial charge in [-0.05, 0) is 34.1 Å². The van der Waals surface area contributed by atoms with Crippen LogP contribution < -0.4 is 16.4 Å². The Morgan fingerprint density at radius 2 is 2.06 bits per heavy atom.